The largest absolute Gasteiger partial charge is 0.380 e. The van der Waals surface area contributed by atoms with Gasteiger partial charge in [0.05, 0.1) is 6.10 Å². The van der Waals surface area contributed by atoms with Crippen molar-refractivity contribution in [3.8, 4) is 0 Å². The van der Waals surface area contributed by atoms with Gasteiger partial charge in [-0.05, 0) is 30.2 Å². The topological polar surface area (TPSA) is 72.6 Å². The predicted molar refractivity (Wildman–Crippen MR) is 86.6 cm³/mol. The average Bonchev–Trinajstić information content (AvgIpc) is 2.96. The van der Waals surface area contributed by atoms with Gasteiger partial charge in [0, 0.05) is 26.5 Å². The summed E-state index contributed by atoms with van der Waals surface area (Å²) in [5, 5.41) is 0. The average molecular weight is 316 g/mol. The molecule has 2 fully saturated rings. The molecule has 1 heterocycles. The fourth-order valence-electron chi connectivity index (χ4n) is 3.78. The van der Waals surface area contributed by atoms with Gasteiger partial charge in [-0.15, -0.1) is 0 Å². The number of methoxy groups -OCH3 is 1. The molecule has 0 aromatic heterocycles. The van der Waals surface area contributed by atoms with Gasteiger partial charge < -0.3 is 15.4 Å². The minimum Gasteiger partial charge on any atom is -0.380 e. The Morgan fingerprint density at radius 1 is 1.22 bits per heavy atom. The highest BCUT2D eigenvalue weighted by molar-refractivity contribution is 5.87. The molecule has 2 aliphatic rings. The van der Waals surface area contributed by atoms with Gasteiger partial charge in [0.2, 0.25) is 11.8 Å². The molecule has 2 N–H and O–H groups in total. The van der Waals surface area contributed by atoms with Gasteiger partial charge in [-0.25, -0.2) is 0 Å². The van der Waals surface area contributed by atoms with Crippen LogP contribution in [-0.2, 0) is 14.3 Å². The lowest BCUT2D eigenvalue weighted by molar-refractivity contribution is -0.138. The Morgan fingerprint density at radius 3 is 2.52 bits per heavy atom. The van der Waals surface area contributed by atoms with Gasteiger partial charge in [0.1, 0.15) is 6.04 Å². The van der Waals surface area contributed by atoms with Gasteiger partial charge in [-0.1, -0.05) is 30.3 Å². The molecule has 0 unspecified atom stereocenters. The van der Waals surface area contributed by atoms with Crippen LogP contribution in [0, 0.1) is 5.92 Å². The summed E-state index contributed by atoms with van der Waals surface area (Å²) in [6.07, 6.45) is 3.00. The van der Waals surface area contributed by atoms with Crippen LogP contribution < -0.4 is 5.73 Å². The Kier molecular flexibility index (Phi) is 4.66. The Bertz CT molecular complexity index is 569. The Hall–Kier alpha value is -1.88. The highest BCUT2D eigenvalue weighted by Crippen LogP contribution is 2.43. The summed E-state index contributed by atoms with van der Waals surface area (Å²) in [6.45, 7) is 0.470. The Morgan fingerprint density at radius 2 is 1.91 bits per heavy atom. The molecule has 1 aromatic rings. The van der Waals surface area contributed by atoms with Gasteiger partial charge in [0.15, 0.2) is 0 Å². The lowest BCUT2D eigenvalue weighted by Crippen LogP contribution is -2.44. The first-order valence-electron chi connectivity index (χ1n) is 8.25. The summed E-state index contributed by atoms with van der Waals surface area (Å²) >= 11 is 0. The second-order valence-electron chi connectivity index (χ2n) is 6.71. The number of hydrogen-bond acceptors (Lipinski definition) is 3. The van der Waals surface area contributed by atoms with E-state index in [1.54, 1.807) is 12.0 Å². The van der Waals surface area contributed by atoms with E-state index in [0.29, 0.717) is 31.2 Å². The standard InChI is InChI=1S/C18H24N2O3/c1-23-15-10-16(18(19)22)20(11-15)17(21)9-12-7-14(8-12)13-5-3-2-4-6-13/h2-6,12,14-16H,7-11H2,1H3,(H2,19,22)/t12?,14?,15-,16-/m0/s1. The van der Waals surface area contributed by atoms with E-state index in [-0.39, 0.29) is 12.0 Å². The molecule has 2 amide bonds. The molecule has 3 rings (SSSR count). The third-order valence-corrected chi connectivity index (χ3v) is 5.21. The Labute approximate surface area is 136 Å². The molecule has 1 aliphatic heterocycles. The van der Waals surface area contributed by atoms with Crippen molar-refractivity contribution in [2.24, 2.45) is 11.7 Å². The maximum Gasteiger partial charge on any atom is 0.240 e. The van der Waals surface area contributed by atoms with Crippen molar-refractivity contribution in [2.45, 2.75) is 43.7 Å². The fraction of sp³-hybridized carbons (Fsp3) is 0.556. The van der Waals surface area contributed by atoms with E-state index in [2.05, 4.69) is 24.3 Å². The summed E-state index contributed by atoms with van der Waals surface area (Å²) < 4.78 is 5.29. The van der Waals surface area contributed by atoms with Gasteiger partial charge in [-0.3, -0.25) is 9.59 Å². The number of nitrogens with two attached hydrogens (primary N) is 1. The summed E-state index contributed by atoms with van der Waals surface area (Å²) in [4.78, 5) is 25.7. The SMILES string of the molecule is CO[C@H]1C[C@@H](C(N)=O)N(C(=O)CC2CC(c3ccccc3)C2)C1. The number of carbonyl (C=O) groups excluding carboxylic acids is 2. The minimum atomic E-state index is -0.516. The smallest absolute Gasteiger partial charge is 0.240 e. The van der Waals surface area contributed by atoms with Crippen LogP contribution in [0.25, 0.3) is 0 Å². The second-order valence-corrected chi connectivity index (χ2v) is 6.71. The fourth-order valence-corrected chi connectivity index (χ4v) is 3.78. The summed E-state index contributed by atoms with van der Waals surface area (Å²) in [7, 11) is 1.60. The lowest BCUT2D eigenvalue weighted by atomic mass is 9.70. The number of benzene rings is 1. The second kappa shape index (κ2) is 6.71. The number of hydrogen-bond donors (Lipinski definition) is 1. The zero-order valence-corrected chi connectivity index (χ0v) is 13.5. The highest BCUT2D eigenvalue weighted by Gasteiger charge is 2.40. The lowest BCUT2D eigenvalue weighted by Gasteiger charge is -2.36. The van der Waals surface area contributed by atoms with E-state index in [4.69, 9.17) is 10.5 Å². The monoisotopic (exact) mass is 316 g/mol. The number of primary amides is 1. The molecule has 0 spiro atoms. The van der Waals surface area contributed by atoms with Gasteiger partial charge >= 0.3 is 0 Å². The van der Waals surface area contributed by atoms with Crippen molar-refractivity contribution in [3.63, 3.8) is 0 Å². The highest BCUT2D eigenvalue weighted by atomic mass is 16.5. The number of amides is 2. The molecule has 5 heteroatoms. The molecule has 23 heavy (non-hydrogen) atoms. The van der Waals surface area contributed by atoms with Crippen molar-refractivity contribution < 1.29 is 14.3 Å². The van der Waals surface area contributed by atoms with Crippen LogP contribution in [0.2, 0.25) is 0 Å². The van der Waals surface area contributed by atoms with Crippen molar-refractivity contribution in [3.05, 3.63) is 35.9 Å². The van der Waals surface area contributed by atoms with Crippen LogP contribution in [-0.4, -0.2) is 42.5 Å². The minimum absolute atomic E-state index is 0.0323. The van der Waals surface area contributed by atoms with Crippen LogP contribution >= 0.6 is 0 Å². The van der Waals surface area contributed by atoms with Crippen LogP contribution in [0.4, 0.5) is 0 Å². The number of rotatable bonds is 5. The van der Waals surface area contributed by atoms with Crippen LogP contribution in [0.3, 0.4) is 0 Å². The predicted octanol–water partition coefficient (Wildman–Crippen LogP) is 1.67. The summed E-state index contributed by atoms with van der Waals surface area (Å²) in [5.41, 5.74) is 6.78. The first kappa shape index (κ1) is 16.0. The number of nitrogens with zero attached hydrogens (tertiary/aromatic N) is 1. The first-order valence-corrected chi connectivity index (χ1v) is 8.25. The van der Waals surface area contributed by atoms with Crippen LogP contribution in [0.15, 0.2) is 30.3 Å². The third-order valence-electron chi connectivity index (χ3n) is 5.21. The van der Waals surface area contributed by atoms with E-state index < -0.39 is 11.9 Å². The van der Waals surface area contributed by atoms with E-state index >= 15 is 0 Å². The van der Waals surface area contributed by atoms with Gasteiger partial charge in [0.25, 0.3) is 0 Å². The summed E-state index contributed by atoms with van der Waals surface area (Å²) in [5.74, 6) is 0.563. The van der Waals surface area contributed by atoms with Crippen LogP contribution in [0.5, 0.6) is 0 Å². The van der Waals surface area contributed by atoms with Crippen LogP contribution in [0.1, 0.15) is 37.2 Å². The molecule has 5 nitrogen and oxygen atoms in total. The van der Waals surface area contributed by atoms with Crippen molar-refractivity contribution in [2.75, 3.05) is 13.7 Å². The van der Waals surface area contributed by atoms with E-state index in [1.807, 2.05) is 6.07 Å². The van der Waals surface area contributed by atoms with E-state index in [0.717, 1.165) is 12.8 Å². The quantitative estimate of drug-likeness (QED) is 0.898. The normalized spacial score (nSPS) is 30.0. The van der Waals surface area contributed by atoms with Crippen molar-refractivity contribution >= 4 is 11.8 Å². The van der Waals surface area contributed by atoms with Gasteiger partial charge in [-0.2, -0.15) is 0 Å². The molecule has 0 radical (unpaired) electrons. The number of likely N-dealkylation sites (tertiary alicyclic amines) is 1. The van der Waals surface area contributed by atoms with Crippen molar-refractivity contribution in [1.82, 2.24) is 4.90 Å². The molecule has 1 aromatic carbocycles. The molecule has 1 saturated heterocycles. The number of ether oxygens (including phenoxy) is 1. The molecule has 2 atom stereocenters. The molecule has 1 saturated carbocycles. The van der Waals surface area contributed by atoms with E-state index in [9.17, 15) is 9.59 Å². The maximum atomic E-state index is 12.5. The zero-order valence-electron chi connectivity index (χ0n) is 13.5. The molecule has 1 aliphatic carbocycles. The third kappa shape index (κ3) is 3.39. The zero-order chi connectivity index (χ0) is 16.4. The number of carbonyl (C=O) groups is 2. The molecule has 0 bridgehead atoms. The summed E-state index contributed by atoms with van der Waals surface area (Å²) in [6, 6.07) is 9.91. The molecule has 124 valence electrons. The molecular weight excluding hydrogens is 292 g/mol. The molecular formula is C18H24N2O3. The van der Waals surface area contributed by atoms with E-state index in [1.165, 1.54) is 5.56 Å². The first-order chi connectivity index (χ1) is 11.1. The maximum absolute atomic E-state index is 12.5. The Balaban J connectivity index is 1.53. The van der Waals surface area contributed by atoms with Crippen molar-refractivity contribution in [1.29, 1.82) is 0 Å².